The fourth-order valence-corrected chi connectivity index (χ4v) is 6.78. The molecule has 0 fully saturated rings. The van der Waals surface area contributed by atoms with Crippen LogP contribution in [-0.2, 0) is 5.41 Å². The Morgan fingerprint density at radius 3 is 1.91 bits per heavy atom. The molecular weight excluding hydrogens is 408 g/mol. The minimum Gasteiger partial charge on any atom is -0.0619 e. The van der Waals surface area contributed by atoms with E-state index < -0.39 is 0 Å². The zero-order valence-electron chi connectivity index (χ0n) is 19.0. The van der Waals surface area contributed by atoms with Gasteiger partial charge in [0.25, 0.3) is 0 Å². The van der Waals surface area contributed by atoms with Crippen LogP contribution in [0, 0.1) is 6.92 Å². The lowest BCUT2D eigenvalue weighted by molar-refractivity contribution is 0.802. The Morgan fingerprint density at radius 2 is 1.12 bits per heavy atom. The van der Waals surface area contributed by atoms with E-state index in [1.165, 1.54) is 71.6 Å². The summed E-state index contributed by atoms with van der Waals surface area (Å²) in [4.78, 5) is 0. The van der Waals surface area contributed by atoms with Crippen LogP contribution in [0.25, 0.3) is 43.8 Å². The molecule has 6 aromatic rings. The fraction of sp³-hybridized carbons (Fsp3) is 0.0588. The number of rotatable bonds is 0. The zero-order chi connectivity index (χ0) is 22.4. The van der Waals surface area contributed by atoms with Gasteiger partial charge in [-0.1, -0.05) is 109 Å². The topological polar surface area (TPSA) is 0 Å². The SMILES string of the molecule is Cc1ccc2cc3c(cc2c1)C1(c2ccccc2-c2ccccc21)c1c-3ccc2ccccc12. The first-order valence-corrected chi connectivity index (χ1v) is 12.0. The Bertz CT molecular complexity index is 1770. The van der Waals surface area contributed by atoms with Crippen molar-refractivity contribution >= 4 is 21.5 Å². The van der Waals surface area contributed by atoms with E-state index >= 15 is 0 Å². The molecule has 0 aliphatic heterocycles. The van der Waals surface area contributed by atoms with E-state index in [-0.39, 0.29) is 5.41 Å². The Labute approximate surface area is 199 Å². The van der Waals surface area contributed by atoms with Gasteiger partial charge in [0.05, 0.1) is 5.41 Å². The average Bonchev–Trinajstić information content (AvgIpc) is 3.34. The van der Waals surface area contributed by atoms with Crippen molar-refractivity contribution < 1.29 is 0 Å². The third-order valence-electron chi connectivity index (χ3n) is 8.08. The van der Waals surface area contributed by atoms with Gasteiger partial charge in [-0.05, 0) is 85.1 Å². The van der Waals surface area contributed by atoms with E-state index in [4.69, 9.17) is 0 Å². The van der Waals surface area contributed by atoms with Gasteiger partial charge in [-0.3, -0.25) is 0 Å². The second kappa shape index (κ2) is 6.24. The van der Waals surface area contributed by atoms with Gasteiger partial charge < -0.3 is 0 Å². The fourth-order valence-electron chi connectivity index (χ4n) is 6.78. The Balaban J connectivity index is 1.66. The van der Waals surface area contributed by atoms with Crippen LogP contribution in [-0.4, -0.2) is 0 Å². The van der Waals surface area contributed by atoms with Crippen LogP contribution in [0.15, 0.2) is 115 Å². The third-order valence-corrected chi connectivity index (χ3v) is 8.08. The molecule has 158 valence electrons. The summed E-state index contributed by atoms with van der Waals surface area (Å²) in [6.45, 7) is 2.19. The van der Waals surface area contributed by atoms with Gasteiger partial charge in [-0.2, -0.15) is 0 Å². The summed E-state index contributed by atoms with van der Waals surface area (Å²) in [5.41, 5.74) is 12.1. The normalized spacial score (nSPS) is 14.3. The maximum atomic E-state index is 2.48. The van der Waals surface area contributed by atoms with Crippen molar-refractivity contribution in [2.45, 2.75) is 12.3 Å². The van der Waals surface area contributed by atoms with Gasteiger partial charge in [0.15, 0.2) is 0 Å². The molecule has 0 unspecified atom stereocenters. The summed E-state index contributed by atoms with van der Waals surface area (Å²) in [7, 11) is 0. The van der Waals surface area contributed by atoms with Gasteiger partial charge in [0.1, 0.15) is 0 Å². The molecule has 0 amide bonds. The second-order valence-electron chi connectivity index (χ2n) is 9.80. The molecule has 0 N–H and O–H groups in total. The first kappa shape index (κ1) is 18.3. The molecule has 0 bridgehead atoms. The molecule has 0 nitrogen and oxygen atoms in total. The van der Waals surface area contributed by atoms with Crippen molar-refractivity contribution in [3.05, 3.63) is 143 Å². The summed E-state index contributed by atoms with van der Waals surface area (Å²) in [5, 5.41) is 5.27. The van der Waals surface area contributed by atoms with Crippen molar-refractivity contribution in [2.75, 3.05) is 0 Å². The van der Waals surface area contributed by atoms with Crippen molar-refractivity contribution in [3.63, 3.8) is 0 Å². The first-order chi connectivity index (χ1) is 16.8. The van der Waals surface area contributed by atoms with Crippen molar-refractivity contribution in [1.29, 1.82) is 0 Å². The highest BCUT2D eigenvalue weighted by molar-refractivity contribution is 6.06. The Hall–Kier alpha value is -4.16. The maximum Gasteiger partial charge on any atom is 0.0731 e. The first-order valence-electron chi connectivity index (χ1n) is 12.0. The molecule has 2 aliphatic carbocycles. The monoisotopic (exact) mass is 430 g/mol. The van der Waals surface area contributed by atoms with Crippen molar-refractivity contribution in [3.8, 4) is 22.3 Å². The highest BCUT2D eigenvalue weighted by Gasteiger charge is 2.52. The molecule has 0 heterocycles. The summed E-state index contributed by atoms with van der Waals surface area (Å²) in [6.07, 6.45) is 0. The average molecular weight is 431 g/mol. The predicted octanol–water partition coefficient (Wildman–Crippen LogP) is 8.64. The summed E-state index contributed by atoms with van der Waals surface area (Å²) in [5.74, 6) is 0. The van der Waals surface area contributed by atoms with Crippen LogP contribution in [0.2, 0.25) is 0 Å². The van der Waals surface area contributed by atoms with E-state index in [0.717, 1.165) is 0 Å². The smallest absolute Gasteiger partial charge is 0.0619 e. The van der Waals surface area contributed by atoms with Gasteiger partial charge in [-0.15, -0.1) is 0 Å². The lowest BCUT2D eigenvalue weighted by atomic mass is 9.69. The lowest BCUT2D eigenvalue weighted by Crippen LogP contribution is -2.26. The van der Waals surface area contributed by atoms with E-state index in [2.05, 4.69) is 122 Å². The van der Waals surface area contributed by atoms with E-state index in [1.54, 1.807) is 0 Å². The summed E-state index contributed by atoms with van der Waals surface area (Å²) in [6, 6.07) is 43.4. The third kappa shape index (κ3) is 2.05. The van der Waals surface area contributed by atoms with E-state index in [0.29, 0.717) is 0 Å². The zero-order valence-corrected chi connectivity index (χ0v) is 19.0. The van der Waals surface area contributed by atoms with Crippen LogP contribution >= 0.6 is 0 Å². The minimum atomic E-state index is -0.309. The molecule has 0 saturated heterocycles. The molecule has 0 aromatic heterocycles. The molecule has 6 aromatic carbocycles. The molecule has 0 radical (unpaired) electrons. The lowest BCUT2D eigenvalue weighted by Gasteiger charge is -2.31. The van der Waals surface area contributed by atoms with Gasteiger partial charge in [0, 0.05) is 0 Å². The van der Waals surface area contributed by atoms with Crippen LogP contribution < -0.4 is 0 Å². The predicted molar refractivity (Wildman–Crippen MR) is 142 cm³/mol. The molecule has 0 atom stereocenters. The van der Waals surface area contributed by atoms with Gasteiger partial charge in [-0.25, -0.2) is 0 Å². The minimum absolute atomic E-state index is 0.309. The largest absolute Gasteiger partial charge is 0.0731 e. The standard InChI is InChI=1S/C34H22/c1-21-14-15-23-19-29-28-17-16-22-8-2-3-9-25(22)33(28)34(32(29)20-24(23)18-21)30-12-6-4-10-26(30)27-11-5-7-13-31(27)34/h2-20H,1H3. The molecule has 0 saturated carbocycles. The maximum absolute atomic E-state index is 2.48. The Kier molecular flexibility index (Phi) is 3.36. The van der Waals surface area contributed by atoms with Crippen molar-refractivity contribution in [1.82, 2.24) is 0 Å². The number of benzene rings is 6. The van der Waals surface area contributed by atoms with Crippen molar-refractivity contribution in [2.24, 2.45) is 0 Å². The van der Waals surface area contributed by atoms with Gasteiger partial charge >= 0.3 is 0 Å². The van der Waals surface area contributed by atoms with E-state index in [1.807, 2.05) is 0 Å². The van der Waals surface area contributed by atoms with Gasteiger partial charge in [0.2, 0.25) is 0 Å². The highest BCUT2D eigenvalue weighted by Crippen LogP contribution is 2.64. The van der Waals surface area contributed by atoms with Crippen LogP contribution in [0.1, 0.15) is 27.8 Å². The molecular formula is C34H22. The number of fused-ring (bicyclic) bond motifs is 13. The Morgan fingerprint density at radius 1 is 0.441 bits per heavy atom. The number of aryl methyl sites for hydroxylation is 1. The van der Waals surface area contributed by atoms with E-state index in [9.17, 15) is 0 Å². The summed E-state index contributed by atoms with van der Waals surface area (Å²) < 4.78 is 0. The van der Waals surface area contributed by atoms with Crippen LogP contribution in [0.3, 0.4) is 0 Å². The number of hydrogen-bond donors (Lipinski definition) is 0. The molecule has 2 aliphatic rings. The van der Waals surface area contributed by atoms with Crippen LogP contribution in [0.4, 0.5) is 0 Å². The quantitative estimate of drug-likeness (QED) is 0.226. The number of hydrogen-bond acceptors (Lipinski definition) is 0. The molecule has 1 spiro atoms. The second-order valence-corrected chi connectivity index (χ2v) is 9.80. The molecule has 0 heteroatoms. The molecule has 8 rings (SSSR count). The summed E-state index contributed by atoms with van der Waals surface area (Å²) >= 11 is 0. The van der Waals surface area contributed by atoms with Crippen LogP contribution in [0.5, 0.6) is 0 Å². The molecule has 34 heavy (non-hydrogen) atoms. The highest BCUT2D eigenvalue weighted by atomic mass is 14.5.